The second-order valence-electron chi connectivity index (χ2n) is 5.14. The number of carbonyl (C=O) groups excluding carboxylic acids is 1. The maximum Gasteiger partial charge on any atom is 0.321 e. The van der Waals surface area contributed by atoms with Gasteiger partial charge in [0.25, 0.3) is 0 Å². The Kier molecular flexibility index (Phi) is 7.73. The topological polar surface area (TPSA) is 90.9 Å². The van der Waals surface area contributed by atoms with E-state index in [1.54, 1.807) is 31.4 Å². The molecule has 27 heavy (non-hydrogen) atoms. The number of benzene rings is 2. The van der Waals surface area contributed by atoms with E-state index in [0.717, 1.165) is 0 Å². The fourth-order valence-corrected chi connectivity index (χ4v) is 3.28. The minimum absolute atomic E-state index is 0.0284. The molecule has 0 aliphatic carbocycles. The summed E-state index contributed by atoms with van der Waals surface area (Å²) in [6, 6.07) is 10.7. The van der Waals surface area contributed by atoms with Crippen molar-refractivity contribution in [2.75, 3.05) is 26.9 Å². The summed E-state index contributed by atoms with van der Waals surface area (Å²) in [6.45, 7) is -0.428. The Bertz CT molecular complexity index is 887. The van der Waals surface area contributed by atoms with Crippen LogP contribution in [0, 0.1) is 0 Å². The monoisotopic (exact) mass is 433 g/mol. The smallest absolute Gasteiger partial charge is 0.321 e. The van der Waals surface area contributed by atoms with Gasteiger partial charge in [-0.3, -0.25) is 4.79 Å². The van der Waals surface area contributed by atoms with Crippen LogP contribution in [-0.4, -0.2) is 41.3 Å². The van der Waals surface area contributed by atoms with E-state index in [4.69, 9.17) is 37.4 Å². The van der Waals surface area contributed by atoms with Crippen molar-refractivity contribution < 1.29 is 27.4 Å². The molecule has 2 aromatic rings. The molecule has 7 nitrogen and oxygen atoms in total. The van der Waals surface area contributed by atoms with Crippen LogP contribution in [0.3, 0.4) is 0 Å². The molecule has 2 rings (SSSR count). The molecule has 1 N–H and O–H groups in total. The molecule has 0 unspecified atom stereocenters. The molecule has 0 bridgehead atoms. The van der Waals surface area contributed by atoms with Gasteiger partial charge in [-0.1, -0.05) is 23.2 Å². The highest BCUT2D eigenvalue weighted by molar-refractivity contribution is 7.89. The van der Waals surface area contributed by atoms with Crippen molar-refractivity contribution in [2.45, 2.75) is 4.90 Å². The lowest BCUT2D eigenvalue weighted by Crippen LogP contribution is -2.31. The average molecular weight is 434 g/mol. The van der Waals surface area contributed by atoms with Crippen LogP contribution < -0.4 is 14.2 Å². The summed E-state index contributed by atoms with van der Waals surface area (Å²) < 4.78 is 41.7. The van der Waals surface area contributed by atoms with Gasteiger partial charge in [-0.25, -0.2) is 8.42 Å². The number of hydrogen-bond acceptors (Lipinski definition) is 6. The van der Waals surface area contributed by atoms with Gasteiger partial charge in [-0.2, -0.15) is 4.72 Å². The van der Waals surface area contributed by atoms with Crippen LogP contribution in [0.15, 0.2) is 47.4 Å². The number of sulfonamides is 1. The van der Waals surface area contributed by atoms with E-state index >= 15 is 0 Å². The van der Waals surface area contributed by atoms with Gasteiger partial charge in [-0.15, -0.1) is 0 Å². The maximum absolute atomic E-state index is 12.1. The van der Waals surface area contributed by atoms with Gasteiger partial charge in [0.05, 0.1) is 22.1 Å². The number of hydrogen-bond donors (Lipinski definition) is 1. The fraction of sp³-hybridized carbons (Fsp3) is 0.235. The van der Waals surface area contributed by atoms with Gasteiger partial charge in [0.15, 0.2) is 0 Å². The van der Waals surface area contributed by atoms with E-state index in [1.165, 1.54) is 18.2 Å². The van der Waals surface area contributed by atoms with E-state index < -0.39 is 22.5 Å². The predicted octanol–water partition coefficient (Wildman–Crippen LogP) is 2.90. The van der Waals surface area contributed by atoms with E-state index in [-0.39, 0.29) is 28.2 Å². The van der Waals surface area contributed by atoms with Crippen molar-refractivity contribution >= 4 is 39.2 Å². The molecule has 0 heterocycles. The second-order valence-corrected chi connectivity index (χ2v) is 7.73. The lowest BCUT2D eigenvalue weighted by Gasteiger charge is -2.09. The number of esters is 1. The normalized spacial score (nSPS) is 11.1. The van der Waals surface area contributed by atoms with E-state index in [2.05, 4.69) is 4.72 Å². The summed E-state index contributed by atoms with van der Waals surface area (Å²) in [5.41, 5.74) is 0. The first-order valence-corrected chi connectivity index (χ1v) is 9.93. The zero-order chi connectivity index (χ0) is 19.9. The lowest BCUT2D eigenvalue weighted by atomic mass is 10.3. The first-order valence-electron chi connectivity index (χ1n) is 7.69. The lowest BCUT2D eigenvalue weighted by molar-refractivity contribution is -0.142. The van der Waals surface area contributed by atoms with Gasteiger partial charge in [0.2, 0.25) is 10.0 Å². The van der Waals surface area contributed by atoms with E-state index in [1.807, 2.05) is 0 Å². The highest BCUT2D eigenvalue weighted by atomic mass is 35.5. The molecule has 0 atom stereocenters. The van der Waals surface area contributed by atoms with Crippen LogP contribution in [-0.2, 0) is 19.6 Å². The summed E-state index contributed by atoms with van der Waals surface area (Å²) in [4.78, 5) is 11.6. The van der Waals surface area contributed by atoms with Gasteiger partial charge in [0, 0.05) is 0 Å². The quantitative estimate of drug-likeness (QED) is 0.482. The van der Waals surface area contributed by atoms with Crippen molar-refractivity contribution in [2.24, 2.45) is 0 Å². The Hall–Kier alpha value is -2.00. The van der Waals surface area contributed by atoms with Gasteiger partial charge in [-0.05, 0) is 42.5 Å². The fourth-order valence-electron chi connectivity index (χ4n) is 1.92. The van der Waals surface area contributed by atoms with Gasteiger partial charge >= 0.3 is 5.97 Å². The van der Waals surface area contributed by atoms with Crippen molar-refractivity contribution in [3.05, 3.63) is 52.5 Å². The number of rotatable bonds is 9. The van der Waals surface area contributed by atoms with Crippen molar-refractivity contribution in [1.82, 2.24) is 4.72 Å². The number of ether oxygens (including phenoxy) is 3. The Morgan fingerprint density at radius 3 is 2.30 bits per heavy atom. The van der Waals surface area contributed by atoms with Crippen LogP contribution in [0.1, 0.15) is 0 Å². The third kappa shape index (κ3) is 6.59. The summed E-state index contributed by atoms with van der Waals surface area (Å²) in [7, 11) is -2.35. The number of carbonyl (C=O) groups is 1. The van der Waals surface area contributed by atoms with Crippen molar-refractivity contribution in [3.63, 3.8) is 0 Å². The number of methoxy groups -OCH3 is 1. The van der Waals surface area contributed by atoms with Crippen LogP contribution in [0.4, 0.5) is 0 Å². The Morgan fingerprint density at radius 2 is 1.67 bits per heavy atom. The third-order valence-electron chi connectivity index (χ3n) is 3.28. The first kappa shape index (κ1) is 21.3. The van der Waals surface area contributed by atoms with Gasteiger partial charge < -0.3 is 14.2 Å². The molecule has 0 amide bonds. The molecule has 0 aliphatic heterocycles. The molecule has 2 aromatic carbocycles. The molecule has 0 fully saturated rings. The molecular formula is C17H17Cl2NO6S. The maximum atomic E-state index is 12.1. The van der Waals surface area contributed by atoms with Crippen LogP contribution in [0.2, 0.25) is 10.0 Å². The second kappa shape index (κ2) is 9.80. The van der Waals surface area contributed by atoms with E-state index in [0.29, 0.717) is 11.5 Å². The molecule has 10 heteroatoms. The standard InChI is InChI=1S/C17H17Cl2NO6S/c1-24-12-2-4-13(5-3-12)25-8-9-26-17(21)11-20-27(22,23)14-6-7-15(18)16(19)10-14/h2-7,10,20H,8-9,11H2,1H3. The van der Waals surface area contributed by atoms with Gasteiger partial charge in [0.1, 0.15) is 31.3 Å². The minimum atomic E-state index is -3.91. The highest BCUT2D eigenvalue weighted by Crippen LogP contribution is 2.24. The van der Waals surface area contributed by atoms with E-state index in [9.17, 15) is 13.2 Å². The molecular weight excluding hydrogens is 417 g/mol. The minimum Gasteiger partial charge on any atom is -0.497 e. The van der Waals surface area contributed by atoms with Crippen molar-refractivity contribution in [3.8, 4) is 11.5 Å². The Labute approximate surface area is 167 Å². The largest absolute Gasteiger partial charge is 0.497 e. The number of halogens is 2. The Balaban J connectivity index is 1.74. The molecule has 0 aromatic heterocycles. The summed E-state index contributed by atoms with van der Waals surface area (Å²) >= 11 is 11.5. The summed E-state index contributed by atoms with van der Waals surface area (Å²) in [6.07, 6.45) is 0. The molecule has 0 saturated carbocycles. The van der Waals surface area contributed by atoms with Crippen LogP contribution in [0.25, 0.3) is 0 Å². The van der Waals surface area contributed by atoms with Crippen molar-refractivity contribution in [1.29, 1.82) is 0 Å². The Morgan fingerprint density at radius 1 is 1.00 bits per heavy atom. The number of nitrogens with one attached hydrogen (secondary N) is 1. The van der Waals surface area contributed by atoms with Crippen LogP contribution in [0.5, 0.6) is 11.5 Å². The zero-order valence-corrected chi connectivity index (χ0v) is 16.6. The van der Waals surface area contributed by atoms with Crippen LogP contribution >= 0.6 is 23.2 Å². The third-order valence-corrected chi connectivity index (χ3v) is 5.42. The summed E-state index contributed by atoms with van der Waals surface area (Å²) in [5, 5.41) is 0.324. The molecule has 0 radical (unpaired) electrons. The molecule has 146 valence electrons. The molecule has 0 saturated heterocycles. The summed E-state index contributed by atoms with van der Waals surface area (Å²) in [5.74, 6) is 0.548. The molecule has 0 aliphatic rings. The average Bonchev–Trinajstić information content (AvgIpc) is 2.66. The highest BCUT2D eigenvalue weighted by Gasteiger charge is 2.17. The first-order chi connectivity index (χ1) is 12.8. The predicted molar refractivity (Wildman–Crippen MR) is 101 cm³/mol. The SMILES string of the molecule is COc1ccc(OCCOC(=O)CNS(=O)(=O)c2ccc(Cl)c(Cl)c2)cc1. The zero-order valence-electron chi connectivity index (χ0n) is 14.3. The molecule has 0 spiro atoms.